The number of nitrogens with two attached hydrogens (primary N) is 1. The number of nitrogen functional groups attached to an aromatic ring is 1. The zero-order valence-electron chi connectivity index (χ0n) is 11.3. The summed E-state index contributed by atoms with van der Waals surface area (Å²) in [7, 11) is 0. The number of rotatable bonds is 9. The Kier molecular flexibility index (Phi) is 7.62. The highest BCUT2D eigenvalue weighted by molar-refractivity contribution is 5.46. The molecule has 1 rings (SSSR count). The highest BCUT2D eigenvalue weighted by Gasteiger charge is 2.06. The zero-order valence-corrected chi connectivity index (χ0v) is 11.3. The Morgan fingerprint density at radius 2 is 2.11 bits per heavy atom. The summed E-state index contributed by atoms with van der Waals surface area (Å²) in [6.07, 6.45) is 3.87. The van der Waals surface area contributed by atoms with Crippen molar-refractivity contribution in [2.75, 3.05) is 18.9 Å². The van der Waals surface area contributed by atoms with Crippen LogP contribution in [0.5, 0.6) is 0 Å². The van der Waals surface area contributed by atoms with Crippen molar-refractivity contribution < 1.29 is 14.9 Å². The summed E-state index contributed by atoms with van der Waals surface area (Å²) in [5, 5.41) is 9.25. The first-order chi connectivity index (χ1) is 9.26. The SMILES string of the molecule is CCCCOOC=N[C@@H](CO)Cc1ccc(N)cc1. The topological polar surface area (TPSA) is 77.1 Å². The molecule has 0 spiro atoms. The van der Waals surface area contributed by atoms with E-state index in [1.54, 1.807) is 0 Å². The monoisotopic (exact) mass is 266 g/mol. The van der Waals surface area contributed by atoms with Crippen molar-refractivity contribution in [3.05, 3.63) is 29.8 Å². The van der Waals surface area contributed by atoms with Gasteiger partial charge in [0, 0.05) is 5.69 Å². The Labute approximate surface area is 114 Å². The van der Waals surface area contributed by atoms with E-state index in [1.165, 1.54) is 6.40 Å². The van der Waals surface area contributed by atoms with Crippen molar-refractivity contribution >= 4 is 12.1 Å². The molecule has 19 heavy (non-hydrogen) atoms. The summed E-state index contributed by atoms with van der Waals surface area (Å²) >= 11 is 0. The summed E-state index contributed by atoms with van der Waals surface area (Å²) in [5.74, 6) is 0. The molecule has 0 amide bonds. The van der Waals surface area contributed by atoms with Crippen LogP contribution < -0.4 is 5.73 Å². The summed E-state index contributed by atoms with van der Waals surface area (Å²) in [6.45, 7) is 2.58. The van der Waals surface area contributed by atoms with Crippen LogP contribution in [-0.2, 0) is 16.2 Å². The second-order valence-electron chi connectivity index (χ2n) is 4.31. The van der Waals surface area contributed by atoms with E-state index in [1.807, 2.05) is 24.3 Å². The van der Waals surface area contributed by atoms with E-state index < -0.39 is 0 Å². The van der Waals surface area contributed by atoms with Gasteiger partial charge >= 0.3 is 0 Å². The largest absolute Gasteiger partial charge is 0.399 e. The van der Waals surface area contributed by atoms with E-state index in [-0.39, 0.29) is 12.6 Å². The van der Waals surface area contributed by atoms with E-state index in [2.05, 4.69) is 11.9 Å². The minimum Gasteiger partial charge on any atom is -0.399 e. The van der Waals surface area contributed by atoms with Gasteiger partial charge in [0.2, 0.25) is 6.40 Å². The van der Waals surface area contributed by atoms with Gasteiger partial charge in [-0.05, 0) is 30.5 Å². The van der Waals surface area contributed by atoms with Crippen LogP contribution >= 0.6 is 0 Å². The number of hydrogen-bond acceptors (Lipinski definition) is 5. The summed E-state index contributed by atoms with van der Waals surface area (Å²) in [4.78, 5) is 13.8. The second-order valence-corrected chi connectivity index (χ2v) is 4.31. The molecule has 0 saturated heterocycles. The first-order valence-corrected chi connectivity index (χ1v) is 6.51. The molecule has 5 nitrogen and oxygen atoms in total. The van der Waals surface area contributed by atoms with Gasteiger partial charge in [-0.2, -0.15) is 4.89 Å². The molecule has 0 aliphatic heterocycles. The van der Waals surface area contributed by atoms with Gasteiger partial charge in [0.05, 0.1) is 19.3 Å². The molecule has 1 aromatic rings. The lowest BCUT2D eigenvalue weighted by molar-refractivity contribution is -0.217. The Bertz CT molecular complexity index is 365. The minimum absolute atomic E-state index is 0.0425. The number of unbranched alkanes of at least 4 members (excludes halogenated alkanes) is 1. The van der Waals surface area contributed by atoms with Gasteiger partial charge in [0.15, 0.2) is 0 Å². The molecule has 0 bridgehead atoms. The number of benzene rings is 1. The van der Waals surface area contributed by atoms with Crippen molar-refractivity contribution in [1.82, 2.24) is 0 Å². The van der Waals surface area contributed by atoms with Crippen molar-refractivity contribution in [2.45, 2.75) is 32.2 Å². The average molecular weight is 266 g/mol. The van der Waals surface area contributed by atoms with Crippen LogP contribution in [0.1, 0.15) is 25.3 Å². The normalized spacial score (nSPS) is 12.7. The van der Waals surface area contributed by atoms with E-state index in [0.717, 1.165) is 24.1 Å². The molecule has 0 aliphatic carbocycles. The predicted molar refractivity (Wildman–Crippen MR) is 75.9 cm³/mol. The smallest absolute Gasteiger partial charge is 0.215 e. The lowest BCUT2D eigenvalue weighted by Crippen LogP contribution is -2.14. The Morgan fingerprint density at radius 1 is 1.37 bits per heavy atom. The fraction of sp³-hybridized carbons (Fsp3) is 0.500. The molecule has 1 atom stereocenters. The van der Waals surface area contributed by atoms with Crippen molar-refractivity contribution in [3.63, 3.8) is 0 Å². The number of hydrogen-bond donors (Lipinski definition) is 2. The van der Waals surface area contributed by atoms with Crippen molar-refractivity contribution in [3.8, 4) is 0 Å². The second kappa shape index (κ2) is 9.35. The molecule has 0 aliphatic rings. The Morgan fingerprint density at radius 3 is 2.74 bits per heavy atom. The number of aliphatic hydroxyl groups excluding tert-OH is 1. The van der Waals surface area contributed by atoms with Gasteiger partial charge in [-0.1, -0.05) is 25.5 Å². The molecule has 5 heteroatoms. The van der Waals surface area contributed by atoms with Crippen LogP contribution in [0.4, 0.5) is 5.69 Å². The molecule has 106 valence electrons. The third-order valence-electron chi connectivity index (χ3n) is 2.63. The Hall–Kier alpha value is -1.59. The molecule has 3 N–H and O–H groups in total. The van der Waals surface area contributed by atoms with Crippen molar-refractivity contribution in [2.24, 2.45) is 4.99 Å². The molecule has 0 aromatic heterocycles. The molecular weight excluding hydrogens is 244 g/mol. The van der Waals surface area contributed by atoms with E-state index >= 15 is 0 Å². The van der Waals surface area contributed by atoms with E-state index in [0.29, 0.717) is 13.0 Å². The van der Waals surface area contributed by atoms with E-state index in [4.69, 9.17) is 15.5 Å². The molecule has 0 radical (unpaired) electrons. The molecule has 0 fully saturated rings. The molecule has 1 aromatic carbocycles. The number of aliphatic imine (C=N–C) groups is 1. The quantitative estimate of drug-likeness (QED) is 0.179. The maximum atomic E-state index is 9.25. The van der Waals surface area contributed by atoms with Gasteiger partial charge in [0.25, 0.3) is 0 Å². The Balaban J connectivity index is 2.32. The molecule has 0 unspecified atom stereocenters. The van der Waals surface area contributed by atoms with Crippen LogP contribution in [0, 0.1) is 0 Å². The van der Waals surface area contributed by atoms with Gasteiger partial charge < -0.3 is 15.7 Å². The predicted octanol–water partition coefficient (Wildman–Crippen LogP) is 1.95. The number of nitrogens with zero attached hydrogens (tertiary/aromatic N) is 1. The fourth-order valence-corrected chi connectivity index (χ4v) is 1.48. The first-order valence-electron chi connectivity index (χ1n) is 6.51. The van der Waals surface area contributed by atoms with Crippen LogP contribution in [0.3, 0.4) is 0 Å². The third kappa shape index (κ3) is 6.79. The number of aliphatic hydroxyl groups is 1. The average Bonchev–Trinajstić information content (AvgIpc) is 2.43. The van der Waals surface area contributed by atoms with Crippen LogP contribution in [0.2, 0.25) is 0 Å². The highest BCUT2D eigenvalue weighted by atomic mass is 17.2. The highest BCUT2D eigenvalue weighted by Crippen LogP contribution is 2.09. The van der Waals surface area contributed by atoms with Gasteiger partial charge in [0.1, 0.15) is 0 Å². The minimum atomic E-state index is -0.238. The standard InChI is InChI=1S/C14H22N2O3/c1-2-3-8-18-19-11-16-14(10-17)9-12-4-6-13(15)7-5-12/h4-7,11,14,17H,2-3,8-10,15H2,1H3/t14-/m1/s1. The number of anilines is 1. The third-order valence-corrected chi connectivity index (χ3v) is 2.63. The maximum absolute atomic E-state index is 9.25. The van der Waals surface area contributed by atoms with Crippen LogP contribution in [0.15, 0.2) is 29.3 Å². The zero-order chi connectivity index (χ0) is 13.9. The maximum Gasteiger partial charge on any atom is 0.215 e. The van der Waals surface area contributed by atoms with Gasteiger partial charge in [-0.15, -0.1) is 0 Å². The van der Waals surface area contributed by atoms with Gasteiger partial charge in [-0.25, -0.2) is 4.99 Å². The van der Waals surface area contributed by atoms with E-state index in [9.17, 15) is 5.11 Å². The molecular formula is C14H22N2O3. The summed E-state index contributed by atoms with van der Waals surface area (Å²) in [5.41, 5.74) is 7.40. The molecule has 0 heterocycles. The van der Waals surface area contributed by atoms with Crippen LogP contribution in [0.25, 0.3) is 0 Å². The lowest BCUT2D eigenvalue weighted by Gasteiger charge is -2.09. The summed E-state index contributed by atoms with van der Waals surface area (Å²) in [6, 6.07) is 7.27. The van der Waals surface area contributed by atoms with Gasteiger partial charge in [-0.3, -0.25) is 0 Å². The summed E-state index contributed by atoms with van der Waals surface area (Å²) < 4.78 is 0. The fourth-order valence-electron chi connectivity index (χ4n) is 1.48. The van der Waals surface area contributed by atoms with Crippen LogP contribution in [-0.4, -0.2) is 30.8 Å². The first kappa shape index (κ1) is 15.5. The van der Waals surface area contributed by atoms with Crippen molar-refractivity contribution in [1.29, 1.82) is 0 Å². The lowest BCUT2D eigenvalue weighted by atomic mass is 10.1. The molecule has 0 saturated carbocycles.